The molecular weight excluding hydrogens is 218 g/mol. The molecule has 0 saturated heterocycles. The molecule has 0 aliphatic rings. The second-order valence-electron chi connectivity index (χ2n) is 2.71. The van der Waals surface area contributed by atoms with Crippen molar-refractivity contribution in [3.05, 3.63) is 22.4 Å². The maximum absolute atomic E-state index is 11.3. The number of amides is 1. The van der Waals surface area contributed by atoms with Gasteiger partial charge in [0, 0.05) is 17.5 Å². The third-order valence-electron chi connectivity index (χ3n) is 1.54. The number of hydrogen-bond acceptors (Lipinski definition) is 4. The summed E-state index contributed by atoms with van der Waals surface area (Å²) in [4.78, 5) is 21.4. The van der Waals surface area contributed by atoms with E-state index in [9.17, 15) is 9.59 Å². The molecule has 5 nitrogen and oxygen atoms in total. The summed E-state index contributed by atoms with van der Waals surface area (Å²) in [6.07, 6.45) is 0. The first-order valence-electron chi connectivity index (χ1n) is 4.30. The Bertz CT molecular complexity index is 323. The smallest absolute Gasteiger partial charge is 0.329 e. The monoisotopic (exact) mass is 229 g/mol. The average Bonchev–Trinajstić information content (AvgIpc) is 2.69. The van der Waals surface area contributed by atoms with Crippen LogP contribution in [-0.4, -0.2) is 36.7 Å². The zero-order valence-electron chi connectivity index (χ0n) is 7.93. The van der Waals surface area contributed by atoms with Crippen molar-refractivity contribution in [2.24, 2.45) is 0 Å². The van der Waals surface area contributed by atoms with Crippen LogP contribution in [-0.2, 0) is 9.53 Å². The molecule has 0 saturated carbocycles. The summed E-state index contributed by atoms with van der Waals surface area (Å²) in [5.74, 6) is -1.19. The Hall–Kier alpha value is -1.40. The van der Waals surface area contributed by atoms with Crippen LogP contribution in [0.25, 0.3) is 0 Å². The van der Waals surface area contributed by atoms with Gasteiger partial charge in [-0.25, -0.2) is 4.79 Å². The summed E-state index contributed by atoms with van der Waals surface area (Å²) in [6.45, 7) is 0.165. The van der Waals surface area contributed by atoms with Crippen LogP contribution in [0.1, 0.15) is 10.4 Å². The van der Waals surface area contributed by atoms with Gasteiger partial charge in [-0.05, 0) is 11.4 Å². The summed E-state index contributed by atoms with van der Waals surface area (Å²) in [5, 5.41) is 14.4. The van der Waals surface area contributed by atoms with Crippen molar-refractivity contribution in [3.8, 4) is 0 Å². The van der Waals surface area contributed by atoms with E-state index in [-0.39, 0.29) is 19.1 Å². The Labute approximate surface area is 90.7 Å². The van der Waals surface area contributed by atoms with E-state index in [2.05, 4.69) is 5.32 Å². The predicted octanol–water partition coefficient (Wildman–Crippen LogP) is 0.579. The number of carboxylic acid groups (broad SMARTS) is 1. The van der Waals surface area contributed by atoms with Gasteiger partial charge in [0.1, 0.15) is 6.61 Å². The van der Waals surface area contributed by atoms with E-state index in [0.717, 1.165) is 0 Å². The Morgan fingerprint density at radius 3 is 2.93 bits per heavy atom. The Balaban J connectivity index is 2.10. The maximum atomic E-state index is 11.3. The zero-order valence-corrected chi connectivity index (χ0v) is 8.75. The van der Waals surface area contributed by atoms with Crippen molar-refractivity contribution >= 4 is 23.2 Å². The molecule has 0 unspecified atom stereocenters. The first-order chi connectivity index (χ1) is 7.20. The number of carbonyl (C=O) groups is 2. The fourth-order valence-electron chi connectivity index (χ4n) is 0.892. The van der Waals surface area contributed by atoms with Gasteiger partial charge in [0.15, 0.2) is 0 Å². The molecule has 1 rings (SSSR count). The van der Waals surface area contributed by atoms with Gasteiger partial charge in [-0.15, -0.1) is 0 Å². The molecule has 1 amide bonds. The standard InChI is InChI=1S/C9H11NO4S/c11-8(12)5-14-3-2-10-9(13)7-1-4-15-6-7/h1,4,6H,2-3,5H2,(H,10,13)(H,11,12). The fraction of sp³-hybridized carbons (Fsp3) is 0.333. The summed E-state index contributed by atoms with van der Waals surface area (Å²) >= 11 is 1.45. The van der Waals surface area contributed by atoms with Crippen LogP contribution in [0.15, 0.2) is 16.8 Å². The second kappa shape index (κ2) is 6.15. The van der Waals surface area contributed by atoms with Crippen molar-refractivity contribution in [1.29, 1.82) is 0 Å². The van der Waals surface area contributed by atoms with Gasteiger partial charge in [-0.2, -0.15) is 11.3 Å². The Morgan fingerprint density at radius 1 is 1.53 bits per heavy atom. The highest BCUT2D eigenvalue weighted by Gasteiger charge is 2.04. The van der Waals surface area contributed by atoms with Crippen LogP contribution in [0.2, 0.25) is 0 Å². The summed E-state index contributed by atoms with van der Waals surface area (Å²) in [7, 11) is 0. The minimum absolute atomic E-state index is 0.171. The fourth-order valence-corrected chi connectivity index (χ4v) is 1.53. The first kappa shape index (κ1) is 11.7. The van der Waals surface area contributed by atoms with E-state index in [4.69, 9.17) is 9.84 Å². The molecule has 0 spiro atoms. The van der Waals surface area contributed by atoms with Gasteiger partial charge in [-0.3, -0.25) is 4.79 Å². The number of rotatable bonds is 6. The first-order valence-corrected chi connectivity index (χ1v) is 5.24. The van der Waals surface area contributed by atoms with E-state index < -0.39 is 5.97 Å². The van der Waals surface area contributed by atoms with Crippen molar-refractivity contribution in [2.75, 3.05) is 19.8 Å². The third kappa shape index (κ3) is 4.57. The molecule has 15 heavy (non-hydrogen) atoms. The molecule has 0 bridgehead atoms. The van der Waals surface area contributed by atoms with Gasteiger partial charge >= 0.3 is 5.97 Å². The molecule has 0 radical (unpaired) electrons. The van der Waals surface area contributed by atoms with E-state index in [1.54, 1.807) is 11.4 Å². The lowest BCUT2D eigenvalue weighted by molar-refractivity contribution is -0.142. The molecule has 1 heterocycles. The number of carboxylic acids is 1. The Morgan fingerprint density at radius 2 is 2.33 bits per heavy atom. The summed E-state index contributed by atoms with van der Waals surface area (Å²) in [5.41, 5.74) is 0.609. The highest BCUT2D eigenvalue weighted by Crippen LogP contribution is 2.04. The van der Waals surface area contributed by atoms with Crippen LogP contribution >= 0.6 is 11.3 Å². The topological polar surface area (TPSA) is 75.6 Å². The Kier molecular flexibility index (Phi) is 4.79. The van der Waals surface area contributed by atoms with Gasteiger partial charge in [0.05, 0.1) is 6.61 Å². The van der Waals surface area contributed by atoms with Crippen molar-refractivity contribution in [2.45, 2.75) is 0 Å². The SMILES string of the molecule is O=C(O)COCCNC(=O)c1ccsc1. The highest BCUT2D eigenvalue weighted by molar-refractivity contribution is 7.08. The molecule has 2 N–H and O–H groups in total. The molecule has 0 aliphatic heterocycles. The molecule has 0 aliphatic carbocycles. The second-order valence-corrected chi connectivity index (χ2v) is 3.49. The van der Waals surface area contributed by atoms with E-state index in [1.165, 1.54) is 11.3 Å². The van der Waals surface area contributed by atoms with Crippen LogP contribution in [0, 0.1) is 0 Å². The molecule has 1 aromatic rings. The van der Waals surface area contributed by atoms with Crippen LogP contribution < -0.4 is 5.32 Å². The van der Waals surface area contributed by atoms with Crippen molar-refractivity contribution < 1.29 is 19.4 Å². The minimum atomic E-state index is -1.01. The van der Waals surface area contributed by atoms with Crippen LogP contribution in [0.5, 0.6) is 0 Å². The molecule has 0 aromatic carbocycles. The lowest BCUT2D eigenvalue weighted by atomic mass is 10.3. The number of nitrogens with one attached hydrogen (secondary N) is 1. The number of hydrogen-bond donors (Lipinski definition) is 2. The average molecular weight is 229 g/mol. The van der Waals surface area contributed by atoms with Gasteiger partial charge in [-0.1, -0.05) is 0 Å². The molecule has 82 valence electrons. The number of aliphatic carboxylic acids is 1. The van der Waals surface area contributed by atoms with Gasteiger partial charge in [0.2, 0.25) is 0 Å². The van der Waals surface area contributed by atoms with E-state index in [0.29, 0.717) is 12.1 Å². The number of carbonyl (C=O) groups excluding carboxylic acids is 1. The summed E-state index contributed by atoms with van der Waals surface area (Å²) < 4.78 is 4.75. The van der Waals surface area contributed by atoms with E-state index >= 15 is 0 Å². The van der Waals surface area contributed by atoms with Crippen LogP contribution in [0.3, 0.4) is 0 Å². The predicted molar refractivity (Wildman–Crippen MR) is 55.1 cm³/mol. The molecular formula is C9H11NO4S. The van der Waals surface area contributed by atoms with Gasteiger partial charge in [0.25, 0.3) is 5.91 Å². The number of thiophene rings is 1. The molecule has 6 heteroatoms. The van der Waals surface area contributed by atoms with E-state index in [1.807, 2.05) is 5.38 Å². The largest absolute Gasteiger partial charge is 0.480 e. The van der Waals surface area contributed by atoms with Gasteiger partial charge < -0.3 is 15.2 Å². The molecule has 0 atom stereocenters. The van der Waals surface area contributed by atoms with Crippen LogP contribution in [0.4, 0.5) is 0 Å². The number of ether oxygens (including phenoxy) is 1. The minimum Gasteiger partial charge on any atom is -0.480 e. The lowest BCUT2D eigenvalue weighted by Gasteiger charge is -2.03. The normalized spacial score (nSPS) is 9.87. The zero-order chi connectivity index (χ0) is 11.1. The van der Waals surface area contributed by atoms with Crippen molar-refractivity contribution in [1.82, 2.24) is 5.32 Å². The maximum Gasteiger partial charge on any atom is 0.329 e. The van der Waals surface area contributed by atoms with Crippen molar-refractivity contribution in [3.63, 3.8) is 0 Å². The quantitative estimate of drug-likeness (QED) is 0.700. The molecule has 1 aromatic heterocycles. The highest BCUT2D eigenvalue weighted by atomic mass is 32.1. The summed E-state index contributed by atoms with van der Waals surface area (Å²) in [6, 6.07) is 1.72. The lowest BCUT2D eigenvalue weighted by Crippen LogP contribution is -2.27. The molecule has 0 fully saturated rings. The third-order valence-corrected chi connectivity index (χ3v) is 2.22.